The van der Waals surface area contributed by atoms with E-state index in [1.165, 1.54) is 37.2 Å². The lowest BCUT2D eigenvalue weighted by Crippen LogP contribution is -2.31. The van der Waals surface area contributed by atoms with Crippen molar-refractivity contribution < 1.29 is 13.9 Å². The van der Waals surface area contributed by atoms with Gasteiger partial charge in [-0.15, -0.1) is 0 Å². The highest BCUT2D eigenvalue weighted by atomic mass is 35.5. The number of rotatable bonds is 6. The second kappa shape index (κ2) is 12.9. The zero-order chi connectivity index (χ0) is 25.3. The van der Waals surface area contributed by atoms with Gasteiger partial charge in [0.25, 0.3) is 0 Å². The number of aromatic nitrogens is 3. The molecule has 2 aliphatic rings. The third-order valence-corrected chi connectivity index (χ3v) is 6.88. The molecule has 36 heavy (non-hydrogen) atoms. The molecule has 7 nitrogen and oxygen atoms in total. The molecule has 1 saturated heterocycles. The van der Waals surface area contributed by atoms with Gasteiger partial charge >= 0.3 is 0 Å². The fourth-order valence-corrected chi connectivity index (χ4v) is 4.73. The van der Waals surface area contributed by atoms with Crippen LogP contribution in [-0.2, 0) is 4.74 Å². The van der Waals surface area contributed by atoms with Gasteiger partial charge in [0, 0.05) is 48.4 Å². The Bertz CT molecular complexity index is 1170. The Morgan fingerprint density at radius 3 is 2.58 bits per heavy atom. The molecule has 1 aliphatic carbocycles. The lowest BCUT2D eigenvalue weighted by Gasteiger charge is -2.20. The van der Waals surface area contributed by atoms with E-state index in [1.54, 1.807) is 18.5 Å². The molecule has 0 spiro atoms. The number of nitrogens with zero attached hydrogens (tertiary/aromatic N) is 3. The van der Waals surface area contributed by atoms with Crippen LogP contribution in [0.15, 0.2) is 42.9 Å². The van der Waals surface area contributed by atoms with Crippen molar-refractivity contribution >= 4 is 29.4 Å². The number of ether oxygens (including phenoxy) is 1. The Morgan fingerprint density at radius 1 is 1.11 bits per heavy atom. The molecule has 0 radical (unpaired) electrons. The summed E-state index contributed by atoms with van der Waals surface area (Å²) in [5, 5.41) is 6.87. The van der Waals surface area contributed by atoms with Crippen LogP contribution in [0, 0.1) is 5.82 Å². The predicted molar refractivity (Wildman–Crippen MR) is 139 cm³/mol. The van der Waals surface area contributed by atoms with Crippen LogP contribution in [0.2, 0.25) is 5.02 Å². The largest absolute Gasteiger partial charge is 0.381 e. The summed E-state index contributed by atoms with van der Waals surface area (Å²) in [4.78, 5) is 24.3. The molecule has 0 unspecified atom stereocenters. The average molecular weight is 512 g/mol. The number of aldehydes is 1. The number of hydrogen-bond acceptors (Lipinski definition) is 7. The summed E-state index contributed by atoms with van der Waals surface area (Å²) < 4.78 is 19.5. The second-order valence-electron chi connectivity index (χ2n) is 8.98. The molecule has 3 aromatic rings. The van der Waals surface area contributed by atoms with Crippen LogP contribution in [0.5, 0.6) is 0 Å². The minimum Gasteiger partial charge on any atom is -0.381 e. The van der Waals surface area contributed by atoms with E-state index in [2.05, 4.69) is 25.6 Å². The SMILES string of the molecule is CNC1CCOCC1.O=Cc1cnccc1Nc1nc(-c2cc(Cl)ccc2F)ncc1C1CCCC1. The summed E-state index contributed by atoms with van der Waals surface area (Å²) in [6.07, 6.45) is 12.4. The topological polar surface area (TPSA) is 89.0 Å². The van der Waals surface area contributed by atoms with E-state index in [0.29, 0.717) is 34.1 Å². The normalized spacial score (nSPS) is 16.3. The van der Waals surface area contributed by atoms with E-state index in [9.17, 15) is 9.18 Å². The summed E-state index contributed by atoms with van der Waals surface area (Å²) in [6.45, 7) is 1.87. The first-order chi connectivity index (χ1) is 17.6. The molecule has 0 atom stereocenters. The number of halogens is 2. The molecule has 2 fully saturated rings. The van der Waals surface area contributed by atoms with Crippen LogP contribution in [0.3, 0.4) is 0 Å². The van der Waals surface area contributed by atoms with Crippen molar-refractivity contribution in [1.29, 1.82) is 0 Å². The van der Waals surface area contributed by atoms with Gasteiger partial charge in [0.15, 0.2) is 12.1 Å². The lowest BCUT2D eigenvalue weighted by molar-refractivity contribution is 0.0799. The highest BCUT2D eigenvalue weighted by Gasteiger charge is 2.23. The van der Waals surface area contributed by atoms with Gasteiger partial charge in [-0.1, -0.05) is 24.4 Å². The van der Waals surface area contributed by atoms with Crippen LogP contribution < -0.4 is 10.6 Å². The molecule has 0 bridgehead atoms. The molecule has 9 heteroatoms. The molecular formula is C27H31ClFN5O2. The Kier molecular flexibility index (Phi) is 9.33. The van der Waals surface area contributed by atoms with E-state index >= 15 is 0 Å². The van der Waals surface area contributed by atoms with E-state index in [1.807, 2.05) is 7.05 Å². The standard InChI is InChI=1S/C21H18ClFN4O.C6H13NO/c22-15-5-6-18(23)16(9-15)20-25-11-17(13-3-1-2-4-13)21(27-20)26-19-7-8-24-10-14(19)12-28;1-7-6-2-4-8-5-3-6/h5-13H,1-4H2,(H,24,25,26,27);6-7H,2-5H2,1H3. The van der Waals surface area contributed by atoms with Crippen molar-refractivity contribution in [3.8, 4) is 11.4 Å². The number of benzene rings is 1. The quantitative estimate of drug-likeness (QED) is 0.396. The molecule has 1 aliphatic heterocycles. The number of carbonyl (C=O) groups is 1. The van der Waals surface area contributed by atoms with Crippen LogP contribution in [-0.4, -0.2) is 47.5 Å². The molecule has 1 aromatic carbocycles. The first kappa shape index (κ1) is 26.1. The van der Waals surface area contributed by atoms with E-state index in [-0.39, 0.29) is 11.4 Å². The number of anilines is 2. The summed E-state index contributed by atoms with van der Waals surface area (Å²) in [7, 11) is 2.01. The number of nitrogens with one attached hydrogen (secondary N) is 2. The van der Waals surface area contributed by atoms with Gasteiger partial charge < -0.3 is 15.4 Å². The van der Waals surface area contributed by atoms with E-state index < -0.39 is 5.82 Å². The molecule has 0 amide bonds. The fraction of sp³-hybridized carbons (Fsp3) is 0.407. The van der Waals surface area contributed by atoms with Gasteiger partial charge in [0.2, 0.25) is 0 Å². The maximum Gasteiger partial charge on any atom is 0.164 e. The van der Waals surface area contributed by atoms with Gasteiger partial charge in [-0.25, -0.2) is 14.4 Å². The third-order valence-electron chi connectivity index (χ3n) is 6.64. The first-order valence-corrected chi connectivity index (χ1v) is 12.7. The van der Waals surface area contributed by atoms with Crippen molar-refractivity contribution in [2.75, 3.05) is 25.6 Å². The summed E-state index contributed by atoms with van der Waals surface area (Å²) >= 11 is 6.03. The van der Waals surface area contributed by atoms with Crippen molar-refractivity contribution in [3.63, 3.8) is 0 Å². The third kappa shape index (κ3) is 6.63. The second-order valence-corrected chi connectivity index (χ2v) is 9.42. The molecule has 1 saturated carbocycles. The molecule has 2 N–H and O–H groups in total. The summed E-state index contributed by atoms with van der Waals surface area (Å²) in [6, 6.07) is 6.72. The molecule has 2 aromatic heterocycles. The summed E-state index contributed by atoms with van der Waals surface area (Å²) in [5.41, 5.74) is 2.23. The van der Waals surface area contributed by atoms with Gasteiger partial charge in [-0.05, 0) is 62.9 Å². The molecule has 3 heterocycles. The Morgan fingerprint density at radius 2 is 1.89 bits per heavy atom. The first-order valence-electron chi connectivity index (χ1n) is 12.3. The van der Waals surface area contributed by atoms with Crippen molar-refractivity contribution in [3.05, 3.63) is 64.8 Å². The zero-order valence-corrected chi connectivity index (χ0v) is 21.1. The lowest BCUT2D eigenvalue weighted by atomic mass is 9.99. The van der Waals surface area contributed by atoms with Crippen LogP contribution in [0.25, 0.3) is 11.4 Å². The average Bonchev–Trinajstić information content (AvgIpc) is 3.46. The van der Waals surface area contributed by atoms with Crippen LogP contribution in [0.1, 0.15) is 60.4 Å². The molecule has 5 rings (SSSR count). The van der Waals surface area contributed by atoms with E-state index in [0.717, 1.165) is 50.7 Å². The predicted octanol–water partition coefficient (Wildman–Crippen LogP) is 5.93. The van der Waals surface area contributed by atoms with Crippen molar-refractivity contribution in [1.82, 2.24) is 20.3 Å². The minimum absolute atomic E-state index is 0.235. The zero-order valence-electron chi connectivity index (χ0n) is 20.3. The maximum atomic E-state index is 14.3. The van der Waals surface area contributed by atoms with Gasteiger partial charge in [0.05, 0.1) is 16.8 Å². The number of carbonyl (C=O) groups excluding carboxylic acids is 1. The maximum absolute atomic E-state index is 14.3. The highest BCUT2D eigenvalue weighted by Crippen LogP contribution is 2.38. The van der Waals surface area contributed by atoms with Gasteiger partial charge in [0.1, 0.15) is 11.6 Å². The number of hydrogen-bond donors (Lipinski definition) is 2. The summed E-state index contributed by atoms with van der Waals surface area (Å²) in [5.74, 6) is 0.709. The Hall–Kier alpha value is -2.94. The fourth-order valence-electron chi connectivity index (χ4n) is 4.55. The van der Waals surface area contributed by atoms with Crippen molar-refractivity contribution in [2.45, 2.75) is 50.5 Å². The van der Waals surface area contributed by atoms with Crippen molar-refractivity contribution in [2.24, 2.45) is 0 Å². The van der Waals surface area contributed by atoms with Crippen LogP contribution in [0.4, 0.5) is 15.9 Å². The van der Waals surface area contributed by atoms with E-state index in [4.69, 9.17) is 16.3 Å². The van der Waals surface area contributed by atoms with Gasteiger partial charge in [-0.3, -0.25) is 9.78 Å². The van der Waals surface area contributed by atoms with Gasteiger partial charge in [-0.2, -0.15) is 0 Å². The minimum atomic E-state index is -0.443. The highest BCUT2D eigenvalue weighted by molar-refractivity contribution is 6.30. The smallest absolute Gasteiger partial charge is 0.164 e. The molecule has 190 valence electrons. The van der Waals surface area contributed by atoms with Crippen LogP contribution >= 0.6 is 11.6 Å². The Balaban J connectivity index is 0.000000325. The number of pyridine rings is 1. The monoisotopic (exact) mass is 511 g/mol. The molecular weight excluding hydrogens is 481 g/mol. The Labute approximate surface area is 215 Å².